The van der Waals surface area contributed by atoms with Crippen LogP contribution in [0.1, 0.15) is 24.8 Å². The van der Waals surface area contributed by atoms with E-state index >= 15 is 0 Å². The number of carbonyl (C=O) groups excluding carboxylic acids is 1. The van der Waals surface area contributed by atoms with Gasteiger partial charge in [-0.05, 0) is 43.0 Å². The van der Waals surface area contributed by atoms with Gasteiger partial charge in [-0.3, -0.25) is 9.59 Å². The summed E-state index contributed by atoms with van der Waals surface area (Å²) in [6, 6.07) is 5.48. The molecule has 5 nitrogen and oxygen atoms in total. The van der Waals surface area contributed by atoms with Gasteiger partial charge in [-0.15, -0.1) is 0 Å². The molecule has 0 bridgehead atoms. The molecule has 1 amide bonds. The number of carboxylic acid groups (broad SMARTS) is 1. The highest BCUT2D eigenvalue weighted by Crippen LogP contribution is 2.26. The SMILES string of the molecule is O=C(Cc1c[nH]c2ccc(Cl)cc12)N[C@@H]1CC[C@H](C(=O)O)C1. The summed E-state index contributed by atoms with van der Waals surface area (Å²) >= 11 is 6.00. The molecule has 116 valence electrons. The fourth-order valence-electron chi connectivity index (χ4n) is 3.09. The van der Waals surface area contributed by atoms with Crippen molar-refractivity contribution in [2.75, 3.05) is 0 Å². The summed E-state index contributed by atoms with van der Waals surface area (Å²) in [7, 11) is 0. The fraction of sp³-hybridized carbons (Fsp3) is 0.375. The number of H-pyrrole nitrogens is 1. The third-order valence-corrected chi connectivity index (χ3v) is 4.46. The van der Waals surface area contributed by atoms with E-state index in [1.165, 1.54) is 0 Å². The molecular formula is C16H17ClN2O3. The number of aromatic nitrogens is 1. The first-order valence-electron chi connectivity index (χ1n) is 7.30. The highest BCUT2D eigenvalue weighted by Gasteiger charge is 2.30. The molecule has 0 saturated heterocycles. The van der Waals surface area contributed by atoms with Gasteiger partial charge in [0.05, 0.1) is 12.3 Å². The summed E-state index contributed by atoms with van der Waals surface area (Å²) in [4.78, 5) is 26.2. The Kier molecular flexibility index (Phi) is 4.07. The van der Waals surface area contributed by atoms with Crippen molar-refractivity contribution < 1.29 is 14.7 Å². The molecule has 0 aliphatic heterocycles. The Bertz CT molecular complexity index is 725. The molecule has 1 heterocycles. The second kappa shape index (κ2) is 6.01. The summed E-state index contributed by atoms with van der Waals surface area (Å²) < 4.78 is 0. The van der Waals surface area contributed by atoms with Crippen molar-refractivity contribution in [3.8, 4) is 0 Å². The number of carbonyl (C=O) groups is 2. The minimum Gasteiger partial charge on any atom is -0.481 e. The number of benzene rings is 1. The molecular weight excluding hydrogens is 304 g/mol. The van der Waals surface area contributed by atoms with Gasteiger partial charge in [0.15, 0.2) is 0 Å². The number of hydrogen-bond donors (Lipinski definition) is 3. The Labute approximate surface area is 132 Å². The summed E-state index contributed by atoms with van der Waals surface area (Å²) in [6.07, 6.45) is 3.94. The Balaban J connectivity index is 1.64. The minimum atomic E-state index is -0.775. The van der Waals surface area contributed by atoms with Crippen molar-refractivity contribution >= 4 is 34.4 Å². The first-order chi connectivity index (χ1) is 10.5. The van der Waals surface area contributed by atoms with Crippen LogP contribution in [0.2, 0.25) is 5.02 Å². The van der Waals surface area contributed by atoms with Gasteiger partial charge in [-0.1, -0.05) is 11.6 Å². The maximum atomic E-state index is 12.2. The summed E-state index contributed by atoms with van der Waals surface area (Å²) in [5, 5.41) is 13.5. The second-order valence-corrected chi connectivity index (χ2v) is 6.23. The van der Waals surface area contributed by atoms with Crippen LogP contribution in [-0.4, -0.2) is 28.0 Å². The van der Waals surface area contributed by atoms with Gasteiger partial charge >= 0.3 is 5.97 Å². The maximum absolute atomic E-state index is 12.2. The average Bonchev–Trinajstić information content (AvgIpc) is 3.07. The van der Waals surface area contributed by atoms with Gasteiger partial charge in [-0.25, -0.2) is 0 Å². The average molecular weight is 321 g/mol. The molecule has 3 N–H and O–H groups in total. The molecule has 3 rings (SSSR count). The summed E-state index contributed by atoms with van der Waals surface area (Å²) in [6.45, 7) is 0. The van der Waals surface area contributed by atoms with Crippen LogP contribution in [0.4, 0.5) is 0 Å². The van der Waals surface area contributed by atoms with Crippen molar-refractivity contribution in [3.05, 3.63) is 35.0 Å². The predicted molar refractivity (Wildman–Crippen MR) is 83.9 cm³/mol. The molecule has 6 heteroatoms. The highest BCUT2D eigenvalue weighted by atomic mass is 35.5. The number of halogens is 1. The molecule has 1 aliphatic carbocycles. The number of fused-ring (bicyclic) bond motifs is 1. The first-order valence-corrected chi connectivity index (χ1v) is 7.68. The van der Waals surface area contributed by atoms with Crippen LogP contribution in [0.15, 0.2) is 24.4 Å². The third kappa shape index (κ3) is 3.09. The zero-order valence-corrected chi connectivity index (χ0v) is 12.7. The van der Waals surface area contributed by atoms with Crippen molar-refractivity contribution in [1.82, 2.24) is 10.3 Å². The zero-order valence-electron chi connectivity index (χ0n) is 11.9. The number of nitrogens with one attached hydrogen (secondary N) is 2. The summed E-state index contributed by atoms with van der Waals surface area (Å²) in [5.74, 6) is -1.20. The Morgan fingerprint density at radius 3 is 2.91 bits per heavy atom. The molecule has 1 aromatic carbocycles. The van der Waals surface area contributed by atoms with Gasteiger partial charge in [0.2, 0.25) is 5.91 Å². The molecule has 1 aromatic heterocycles. The first kappa shape index (κ1) is 14.9. The molecule has 1 aliphatic rings. The van der Waals surface area contributed by atoms with Crippen molar-refractivity contribution in [2.45, 2.75) is 31.7 Å². The van der Waals surface area contributed by atoms with E-state index in [1.807, 2.05) is 18.3 Å². The van der Waals surface area contributed by atoms with E-state index in [1.54, 1.807) is 6.07 Å². The van der Waals surface area contributed by atoms with E-state index in [0.717, 1.165) is 22.9 Å². The highest BCUT2D eigenvalue weighted by molar-refractivity contribution is 6.31. The van der Waals surface area contributed by atoms with Crippen LogP contribution >= 0.6 is 11.6 Å². The van der Waals surface area contributed by atoms with E-state index < -0.39 is 5.97 Å². The van der Waals surface area contributed by atoms with Crippen LogP contribution in [-0.2, 0) is 16.0 Å². The van der Waals surface area contributed by atoms with E-state index in [4.69, 9.17) is 16.7 Å². The van der Waals surface area contributed by atoms with Gasteiger partial charge in [0, 0.05) is 28.2 Å². The van der Waals surface area contributed by atoms with Gasteiger partial charge in [0.1, 0.15) is 0 Å². The molecule has 1 fully saturated rings. The van der Waals surface area contributed by atoms with Crippen molar-refractivity contribution in [3.63, 3.8) is 0 Å². The lowest BCUT2D eigenvalue weighted by Crippen LogP contribution is -2.34. The number of rotatable bonds is 4. The number of carboxylic acids is 1. The third-order valence-electron chi connectivity index (χ3n) is 4.23. The Morgan fingerprint density at radius 1 is 1.36 bits per heavy atom. The van der Waals surface area contributed by atoms with E-state index in [0.29, 0.717) is 17.9 Å². The van der Waals surface area contributed by atoms with Crippen molar-refractivity contribution in [2.24, 2.45) is 5.92 Å². The Hall–Kier alpha value is -2.01. The lowest BCUT2D eigenvalue weighted by Gasteiger charge is -2.12. The van der Waals surface area contributed by atoms with Gasteiger partial charge in [0.25, 0.3) is 0 Å². The Morgan fingerprint density at radius 2 is 2.18 bits per heavy atom. The molecule has 0 unspecified atom stereocenters. The molecule has 2 atom stereocenters. The van der Waals surface area contributed by atoms with Crippen LogP contribution in [0.25, 0.3) is 10.9 Å². The number of hydrogen-bond acceptors (Lipinski definition) is 2. The van der Waals surface area contributed by atoms with Crippen LogP contribution in [0, 0.1) is 5.92 Å². The van der Waals surface area contributed by atoms with E-state index in [-0.39, 0.29) is 24.3 Å². The van der Waals surface area contributed by atoms with Crippen molar-refractivity contribution in [1.29, 1.82) is 0 Å². The van der Waals surface area contributed by atoms with Crippen LogP contribution in [0.3, 0.4) is 0 Å². The van der Waals surface area contributed by atoms with Gasteiger partial charge in [-0.2, -0.15) is 0 Å². The normalized spacial score (nSPS) is 21.1. The minimum absolute atomic E-state index is 0.0395. The monoisotopic (exact) mass is 320 g/mol. The summed E-state index contributed by atoms with van der Waals surface area (Å²) in [5.41, 5.74) is 1.83. The van der Waals surface area contributed by atoms with Crippen LogP contribution < -0.4 is 5.32 Å². The molecule has 1 saturated carbocycles. The fourth-order valence-corrected chi connectivity index (χ4v) is 3.26. The van der Waals surface area contributed by atoms with E-state index in [2.05, 4.69) is 10.3 Å². The largest absolute Gasteiger partial charge is 0.481 e. The zero-order chi connectivity index (χ0) is 15.7. The number of aromatic amines is 1. The molecule has 0 spiro atoms. The molecule has 22 heavy (non-hydrogen) atoms. The standard InChI is InChI=1S/C16H17ClN2O3/c17-11-2-4-14-13(7-11)10(8-18-14)6-15(20)19-12-3-1-9(5-12)16(21)22/h2,4,7-9,12,18H,1,3,5-6H2,(H,19,20)(H,21,22)/t9-,12+/m0/s1. The second-order valence-electron chi connectivity index (χ2n) is 5.79. The lowest BCUT2D eigenvalue weighted by atomic mass is 10.1. The lowest BCUT2D eigenvalue weighted by molar-refractivity contribution is -0.141. The number of amides is 1. The van der Waals surface area contributed by atoms with Gasteiger partial charge < -0.3 is 15.4 Å². The number of aliphatic carboxylic acids is 1. The molecule has 0 radical (unpaired) electrons. The van der Waals surface area contributed by atoms with Crippen LogP contribution in [0.5, 0.6) is 0 Å². The topological polar surface area (TPSA) is 82.2 Å². The van der Waals surface area contributed by atoms with E-state index in [9.17, 15) is 9.59 Å². The quantitative estimate of drug-likeness (QED) is 0.810. The maximum Gasteiger partial charge on any atom is 0.306 e. The molecule has 2 aromatic rings. The smallest absolute Gasteiger partial charge is 0.306 e. The predicted octanol–water partition coefficient (Wildman–Crippen LogP) is 2.73.